The van der Waals surface area contributed by atoms with Crippen LogP contribution in [0.1, 0.15) is 44.9 Å². The number of amides is 1. The van der Waals surface area contributed by atoms with Crippen LogP contribution in [0.2, 0.25) is 5.02 Å². The second kappa shape index (κ2) is 8.33. The number of carbonyl (C=O) groups is 1. The van der Waals surface area contributed by atoms with Crippen molar-refractivity contribution in [2.45, 2.75) is 49.8 Å². The van der Waals surface area contributed by atoms with Gasteiger partial charge in [0.1, 0.15) is 0 Å². The molecule has 1 aliphatic carbocycles. The van der Waals surface area contributed by atoms with E-state index in [1.165, 1.54) is 30.0 Å². The lowest BCUT2D eigenvalue weighted by atomic mass is 9.75. The van der Waals surface area contributed by atoms with E-state index in [2.05, 4.69) is 4.90 Å². The summed E-state index contributed by atoms with van der Waals surface area (Å²) in [6, 6.07) is 6.28. The molecule has 28 heavy (non-hydrogen) atoms. The number of sulfonamides is 1. The summed E-state index contributed by atoms with van der Waals surface area (Å²) in [5.74, 6) is 1.69. The van der Waals surface area contributed by atoms with Crippen molar-refractivity contribution in [3.05, 3.63) is 29.3 Å². The first-order valence-electron chi connectivity index (χ1n) is 10.5. The Balaban J connectivity index is 1.34. The Kier molecular flexibility index (Phi) is 6.00. The Labute approximate surface area is 173 Å². The molecule has 154 valence electrons. The molecule has 1 amide bonds. The van der Waals surface area contributed by atoms with Gasteiger partial charge in [-0.3, -0.25) is 4.79 Å². The molecule has 2 unspecified atom stereocenters. The van der Waals surface area contributed by atoms with Crippen LogP contribution in [0.5, 0.6) is 0 Å². The maximum absolute atomic E-state index is 13.0. The minimum absolute atomic E-state index is 0.0446. The molecule has 4 rings (SSSR count). The number of piperidine rings is 2. The largest absolute Gasteiger partial charge is 0.342 e. The normalized spacial score (nSPS) is 27.4. The van der Waals surface area contributed by atoms with Gasteiger partial charge in [0.25, 0.3) is 0 Å². The number of fused-ring (bicyclic) bond motifs is 1. The molecule has 0 bridgehead atoms. The maximum Gasteiger partial charge on any atom is 0.243 e. The second-order valence-corrected chi connectivity index (χ2v) is 10.9. The molecule has 0 N–H and O–H groups in total. The number of hydrogen-bond donors (Lipinski definition) is 0. The lowest BCUT2D eigenvalue weighted by Crippen LogP contribution is -2.49. The number of carbonyl (C=O) groups excluding carboxylic acids is 1. The minimum Gasteiger partial charge on any atom is -0.342 e. The fourth-order valence-electron chi connectivity index (χ4n) is 5.16. The summed E-state index contributed by atoms with van der Waals surface area (Å²) in [5.41, 5.74) is 0. The lowest BCUT2D eigenvalue weighted by Gasteiger charge is -2.43. The van der Waals surface area contributed by atoms with Crippen LogP contribution in [-0.2, 0) is 14.8 Å². The van der Waals surface area contributed by atoms with Crippen molar-refractivity contribution in [3.63, 3.8) is 0 Å². The molecule has 2 saturated heterocycles. The molecule has 3 aliphatic rings. The van der Waals surface area contributed by atoms with Gasteiger partial charge >= 0.3 is 0 Å². The summed E-state index contributed by atoms with van der Waals surface area (Å²) in [7, 11) is -3.52. The first kappa shape index (κ1) is 20.2. The number of nitrogens with zero attached hydrogens (tertiary/aromatic N) is 2. The van der Waals surface area contributed by atoms with Gasteiger partial charge in [0.05, 0.1) is 4.90 Å². The molecule has 2 aliphatic heterocycles. The molecule has 3 fully saturated rings. The summed E-state index contributed by atoms with van der Waals surface area (Å²) in [6.07, 6.45) is 7.58. The third kappa shape index (κ3) is 4.10. The molecule has 1 aromatic carbocycles. The van der Waals surface area contributed by atoms with Gasteiger partial charge in [0.15, 0.2) is 0 Å². The molecule has 1 saturated carbocycles. The summed E-state index contributed by atoms with van der Waals surface area (Å²) < 4.78 is 27.2. The topological polar surface area (TPSA) is 57.7 Å². The Morgan fingerprint density at radius 2 is 1.54 bits per heavy atom. The van der Waals surface area contributed by atoms with Crippen LogP contribution in [0.4, 0.5) is 0 Å². The van der Waals surface area contributed by atoms with Crippen molar-refractivity contribution < 1.29 is 13.2 Å². The average molecular weight is 425 g/mol. The van der Waals surface area contributed by atoms with Crippen molar-refractivity contribution in [1.82, 2.24) is 9.21 Å². The van der Waals surface area contributed by atoms with Crippen LogP contribution in [0.3, 0.4) is 0 Å². The van der Waals surface area contributed by atoms with E-state index in [0.29, 0.717) is 36.9 Å². The van der Waals surface area contributed by atoms with Crippen LogP contribution in [0, 0.1) is 17.8 Å². The quantitative estimate of drug-likeness (QED) is 0.741. The highest BCUT2D eigenvalue weighted by Crippen LogP contribution is 2.37. The molecule has 0 radical (unpaired) electrons. The summed E-state index contributed by atoms with van der Waals surface area (Å²) in [6.45, 7) is 2.60. The van der Waals surface area contributed by atoms with Gasteiger partial charge in [-0.25, -0.2) is 8.42 Å². The summed E-state index contributed by atoms with van der Waals surface area (Å²) in [4.78, 5) is 15.4. The minimum atomic E-state index is -3.52. The van der Waals surface area contributed by atoms with Crippen LogP contribution in [0.25, 0.3) is 0 Å². The van der Waals surface area contributed by atoms with Crippen molar-refractivity contribution in [2.75, 3.05) is 26.2 Å². The Morgan fingerprint density at radius 1 is 0.893 bits per heavy atom. The predicted octanol–water partition coefficient (Wildman–Crippen LogP) is 3.78. The first-order valence-corrected chi connectivity index (χ1v) is 12.3. The van der Waals surface area contributed by atoms with Gasteiger partial charge < -0.3 is 4.90 Å². The van der Waals surface area contributed by atoms with Gasteiger partial charge in [-0.05, 0) is 61.8 Å². The Bertz CT molecular complexity index is 803. The van der Waals surface area contributed by atoms with Crippen molar-refractivity contribution in [3.8, 4) is 0 Å². The van der Waals surface area contributed by atoms with Crippen LogP contribution in [-0.4, -0.2) is 49.7 Å². The van der Waals surface area contributed by atoms with Gasteiger partial charge in [-0.15, -0.1) is 0 Å². The van der Waals surface area contributed by atoms with E-state index in [0.717, 1.165) is 25.4 Å². The van der Waals surface area contributed by atoms with E-state index in [4.69, 9.17) is 11.6 Å². The van der Waals surface area contributed by atoms with E-state index in [9.17, 15) is 13.2 Å². The van der Waals surface area contributed by atoms with Crippen LogP contribution in [0.15, 0.2) is 29.2 Å². The van der Waals surface area contributed by atoms with Gasteiger partial charge in [-0.1, -0.05) is 30.9 Å². The molecule has 0 spiro atoms. The van der Waals surface area contributed by atoms with E-state index in [1.807, 2.05) is 0 Å². The Hall–Kier alpha value is -1.11. The number of rotatable bonds is 3. The monoisotopic (exact) mass is 424 g/mol. The number of hydrogen-bond acceptors (Lipinski definition) is 3. The molecular formula is C21H29ClN2O3S. The molecule has 0 aromatic heterocycles. The molecular weight excluding hydrogens is 396 g/mol. The zero-order chi connectivity index (χ0) is 19.7. The Morgan fingerprint density at radius 3 is 2.21 bits per heavy atom. The van der Waals surface area contributed by atoms with Crippen LogP contribution < -0.4 is 0 Å². The van der Waals surface area contributed by atoms with E-state index in [-0.39, 0.29) is 16.7 Å². The predicted molar refractivity (Wildman–Crippen MR) is 110 cm³/mol. The molecule has 5 nitrogen and oxygen atoms in total. The van der Waals surface area contributed by atoms with Gasteiger partial charge in [0.2, 0.25) is 15.9 Å². The second-order valence-electron chi connectivity index (χ2n) is 8.51. The van der Waals surface area contributed by atoms with E-state index >= 15 is 0 Å². The highest BCUT2D eigenvalue weighted by molar-refractivity contribution is 7.89. The molecule has 2 atom stereocenters. The van der Waals surface area contributed by atoms with Gasteiger partial charge in [0, 0.05) is 37.1 Å². The zero-order valence-corrected chi connectivity index (χ0v) is 17.8. The highest BCUT2D eigenvalue weighted by Gasteiger charge is 2.37. The van der Waals surface area contributed by atoms with Gasteiger partial charge in [-0.2, -0.15) is 4.31 Å². The van der Waals surface area contributed by atoms with E-state index in [1.54, 1.807) is 24.3 Å². The number of halogens is 1. The highest BCUT2D eigenvalue weighted by atomic mass is 35.5. The smallest absolute Gasteiger partial charge is 0.243 e. The average Bonchev–Trinajstić information content (AvgIpc) is 2.73. The van der Waals surface area contributed by atoms with Crippen molar-refractivity contribution >= 4 is 27.5 Å². The lowest BCUT2D eigenvalue weighted by molar-refractivity contribution is -0.139. The number of likely N-dealkylation sites (tertiary alicyclic amines) is 1. The molecule has 2 heterocycles. The molecule has 7 heteroatoms. The third-order valence-corrected chi connectivity index (χ3v) is 9.02. The van der Waals surface area contributed by atoms with Crippen molar-refractivity contribution in [2.24, 2.45) is 17.8 Å². The maximum atomic E-state index is 13.0. The fraction of sp³-hybridized carbons (Fsp3) is 0.667. The third-order valence-electron chi connectivity index (χ3n) is 6.86. The summed E-state index contributed by atoms with van der Waals surface area (Å²) >= 11 is 5.87. The van der Waals surface area contributed by atoms with E-state index < -0.39 is 10.0 Å². The SMILES string of the molecule is O=C(C1CCN(S(=O)(=O)c2ccc(Cl)cc2)CC1)N1CCC2CCCCC2C1. The van der Waals surface area contributed by atoms with Crippen molar-refractivity contribution in [1.29, 1.82) is 0 Å². The zero-order valence-electron chi connectivity index (χ0n) is 16.2. The van der Waals surface area contributed by atoms with Crippen LogP contribution >= 0.6 is 11.6 Å². The molecule has 1 aromatic rings. The standard InChI is InChI=1S/C21H29ClN2O3S/c22-19-5-7-20(8-6-19)28(26,27)24-13-10-17(11-14-24)21(25)23-12-9-16-3-1-2-4-18(16)15-23/h5-8,16-18H,1-4,9-15H2. The first-order chi connectivity index (χ1) is 13.4. The summed E-state index contributed by atoms with van der Waals surface area (Å²) in [5, 5.41) is 0.519. The fourth-order valence-corrected chi connectivity index (χ4v) is 6.75. The number of benzene rings is 1.